The Morgan fingerprint density at radius 2 is 2.23 bits per heavy atom. The van der Waals surface area contributed by atoms with Crippen molar-refractivity contribution in [2.45, 2.75) is 26.4 Å². The quantitative estimate of drug-likeness (QED) is 0.652. The van der Waals surface area contributed by atoms with E-state index >= 15 is 0 Å². The Morgan fingerprint density at radius 3 is 2.77 bits per heavy atom. The Bertz CT molecular complexity index is 190. The summed E-state index contributed by atoms with van der Waals surface area (Å²) in [6.07, 6.45) is 3.01. The fraction of sp³-hybridized carbons (Fsp3) is 0.778. The zero-order valence-corrected chi connectivity index (χ0v) is 8.53. The molecule has 0 radical (unpaired) electrons. The van der Waals surface area contributed by atoms with E-state index in [1.165, 1.54) is 0 Å². The summed E-state index contributed by atoms with van der Waals surface area (Å²) in [6, 6.07) is 0. The summed E-state index contributed by atoms with van der Waals surface area (Å²) in [5.41, 5.74) is 12.5. The smallest absolute Gasteiger partial charge is 0.101 e. The standard InChI is InChI=1S/C9H20N4/c1-3-5-12-6-8(10)9(11)13(4-2)7-12/h6,9H,3-5,7,10-11H2,1-2H3. The van der Waals surface area contributed by atoms with Gasteiger partial charge in [-0.1, -0.05) is 13.8 Å². The Hall–Kier alpha value is -0.740. The molecule has 0 aromatic heterocycles. The van der Waals surface area contributed by atoms with E-state index in [9.17, 15) is 0 Å². The van der Waals surface area contributed by atoms with E-state index in [0.717, 1.165) is 31.9 Å². The molecule has 76 valence electrons. The fourth-order valence-electron chi connectivity index (χ4n) is 1.58. The van der Waals surface area contributed by atoms with Gasteiger partial charge in [-0.25, -0.2) is 0 Å². The van der Waals surface area contributed by atoms with Gasteiger partial charge in [0.1, 0.15) is 6.17 Å². The topological polar surface area (TPSA) is 58.5 Å². The third kappa shape index (κ3) is 2.35. The van der Waals surface area contributed by atoms with Crippen molar-refractivity contribution < 1.29 is 0 Å². The second-order valence-electron chi connectivity index (χ2n) is 3.43. The monoisotopic (exact) mass is 184 g/mol. The van der Waals surface area contributed by atoms with Crippen LogP contribution in [0.3, 0.4) is 0 Å². The van der Waals surface area contributed by atoms with Gasteiger partial charge in [0.05, 0.1) is 12.4 Å². The second kappa shape index (κ2) is 4.48. The van der Waals surface area contributed by atoms with Gasteiger partial charge in [-0.3, -0.25) is 4.90 Å². The molecule has 4 N–H and O–H groups in total. The van der Waals surface area contributed by atoms with Crippen LogP contribution >= 0.6 is 0 Å². The van der Waals surface area contributed by atoms with E-state index in [0.29, 0.717) is 0 Å². The lowest BCUT2D eigenvalue weighted by atomic mass is 10.2. The number of nitrogens with zero attached hydrogens (tertiary/aromatic N) is 2. The van der Waals surface area contributed by atoms with Gasteiger partial charge in [0.25, 0.3) is 0 Å². The number of likely N-dealkylation sites (N-methyl/N-ethyl adjacent to an activating group) is 1. The van der Waals surface area contributed by atoms with Gasteiger partial charge in [0.2, 0.25) is 0 Å². The minimum atomic E-state index is -0.0990. The summed E-state index contributed by atoms with van der Waals surface area (Å²) in [5, 5.41) is 0. The molecule has 4 nitrogen and oxygen atoms in total. The predicted octanol–water partition coefficient (Wildman–Crippen LogP) is 0.0763. The molecule has 1 heterocycles. The van der Waals surface area contributed by atoms with Gasteiger partial charge in [-0.2, -0.15) is 0 Å². The van der Waals surface area contributed by atoms with E-state index in [1.54, 1.807) is 0 Å². The predicted molar refractivity (Wildman–Crippen MR) is 54.5 cm³/mol. The van der Waals surface area contributed by atoms with E-state index in [4.69, 9.17) is 11.5 Å². The Kier molecular flexibility index (Phi) is 3.57. The zero-order valence-electron chi connectivity index (χ0n) is 8.53. The van der Waals surface area contributed by atoms with Gasteiger partial charge < -0.3 is 16.4 Å². The van der Waals surface area contributed by atoms with Crippen molar-refractivity contribution in [2.75, 3.05) is 19.8 Å². The van der Waals surface area contributed by atoms with Crippen LogP contribution in [-0.4, -0.2) is 35.7 Å². The van der Waals surface area contributed by atoms with Crippen LogP contribution in [0.25, 0.3) is 0 Å². The molecule has 0 bridgehead atoms. The van der Waals surface area contributed by atoms with Crippen molar-refractivity contribution in [3.05, 3.63) is 11.9 Å². The van der Waals surface area contributed by atoms with Gasteiger partial charge >= 0.3 is 0 Å². The Morgan fingerprint density at radius 1 is 1.54 bits per heavy atom. The molecule has 0 spiro atoms. The second-order valence-corrected chi connectivity index (χ2v) is 3.43. The third-order valence-corrected chi connectivity index (χ3v) is 2.35. The van der Waals surface area contributed by atoms with Gasteiger partial charge in [0, 0.05) is 12.7 Å². The summed E-state index contributed by atoms with van der Waals surface area (Å²) in [5.74, 6) is 0. The summed E-state index contributed by atoms with van der Waals surface area (Å²) in [6.45, 7) is 7.14. The average Bonchev–Trinajstić information content (AvgIpc) is 2.11. The maximum absolute atomic E-state index is 5.90. The third-order valence-electron chi connectivity index (χ3n) is 2.35. The summed E-state index contributed by atoms with van der Waals surface area (Å²) >= 11 is 0. The maximum atomic E-state index is 5.90. The molecule has 13 heavy (non-hydrogen) atoms. The molecule has 1 rings (SSSR count). The van der Waals surface area contributed by atoms with Gasteiger partial charge in [-0.15, -0.1) is 0 Å². The molecule has 0 aromatic carbocycles. The van der Waals surface area contributed by atoms with Crippen LogP contribution in [0, 0.1) is 0 Å². The van der Waals surface area contributed by atoms with Crippen molar-refractivity contribution in [1.82, 2.24) is 9.80 Å². The largest absolute Gasteiger partial charge is 0.398 e. The molecule has 0 saturated heterocycles. The van der Waals surface area contributed by atoms with Crippen molar-refractivity contribution >= 4 is 0 Å². The minimum absolute atomic E-state index is 0.0990. The first-order valence-corrected chi connectivity index (χ1v) is 4.89. The number of nitrogens with two attached hydrogens (primary N) is 2. The summed E-state index contributed by atoms with van der Waals surface area (Å²) < 4.78 is 0. The molecule has 1 atom stereocenters. The van der Waals surface area contributed by atoms with Crippen LogP contribution in [0.2, 0.25) is 0 Å². The average molecular weight is 184 g/mol. The number of rotatable bonds is 3. The highest BCUT2D eigenvalue weighted by molar-refractivity contribution is 5.07. The first kappa shape index (κ1) is 10.3. The van der Waals surface area contributed by atoms with Crippen LogP contribution in [-0.2, 0) is 0 Å². The molecule has 0 fully saturated rings. The summed E-state index contributed by atoms with van der Waals surface area (Å²) in [7, 11) is 0. The number of hydrogen-bond donors (Lipinski definition) is 2. The lowest BCUT2D eigenvalue weighted by Gasteiger charge is -2.38. The van der Waals surface area contributed by atoms with Crippen LogP contribution < -0.4 is 11.5 Å². The normalized spacial score (nSPS) is 24.7. The number of hydrogen-bond acceptors (Lipinski definition) is 4. The first-order valence-electron chi connectivity index (χ1n) is 4.89. The van der Waals surface area contributed by atoms with Gasteiger partial charge in [0.15, 0.2) is 0 Å². The maximum Gasteiger partial charge on any atom is 0.101 e. The van der Waals surface area contributed by atoms with Gasteiger partial charge in [-0.05, 0) is 13.0 Å². The van der Waals surface area contributed by atoms with E-state index in [1.807, 2.05) is 6.20 Å². The Balaban J connectivity index is 2.63. The molecule has 0 aromatic rings. The SMILES string of the molecule is CCCN1C=C(N)C(N)N(CC)C1. The van der Waals surface area contributed by atoms with Crippen molar-refractivity contribution in [1.29, 1.82) is 0 Å². The van der Waals surface area contributed by atoms with Crippen molar-refractivity contribution in [3.8, 4) is 0 Å². The highest BCUT2D eigenvalue weighted by atomic mass is 15.4. The minimum Gasteiger partial charge on any atom is -0.398 e. The van der Waals surface area contributed by atoms with Crippen LogP contribution in [0.1, 0.15) is 20.3 Å². The van der Waals surface area contributed by atoms with Crippen LogP contribution in [0.15, 0.2) is 11.9 Å². The van der Waals surface area contributed by atoms with Crippen molar-refractivity contribution in [3.63, 3.8) is 0 Å². The van der Waals surface area contributed by atoms with Crippen LogP contribution in [0.4, 0.5) is 0 Å². The molecular formula is C9H20N4. The lowest BCUT2D eigenvalue weighted by Crippen LogP contribution is -2.53. The fourth-order valence-corrected chi connectivity index (χ4v) is 1.58. The molecule has 1 aliphatic heterocycles. The Labute approximate surface area is 80.2 Å². The van der Waals surface area contributed by atoms with Crippen LogP contribution in [0.5, 0.6) is 0 Å². The highest BCUT2D eigenvalue weighted by Gasteiger charge is 2.21. The highest BCUT2D eigenvalue weighted by Crippen LogP contribution is 2.10. The van der Waals surface area contributed by atoms with E-state index in [-0.39, 0.29) is 6.17 Å². The molecule has 1 aliphatic rings. The van der Waals surface area contributed by atoms with Crippen molar-refractivity contribution in [2.24, 2.45) is 11.5 Å². The molecule has 4 heteroatoms. The molecule has 1 unspecified atom stereocenters. The van der Waals surface area contributed by atoms with E-state index in [2.05, 4.69) is 23.6 Å². The first-order chi connectivity index (χ1) is 6.19. The lowest BCUT2D eigenvalue weighted by molar-refractivity contribution is 0.123. The molecule has 0 amide bonds. The molecular weight excluding hydrogens is 164 g/mol. The summed E-state index contributed by atoms with van der Waals surface area (Å²) in [4.78, 5) is 4.37. The van der Waals surface area contributed by atoms with E-state index < -0.39 is 0 Å². The zero-order chi connectivity index (χ0) is 9.84. The molecule has 0 saturated carbocycles. The molecule has 0 aliphatic carbocycles.